The Hall–Kier alpha value is -3.03. The minimum absolute atomic E-state index is 0.0107. The van der Waals surface area contributed by atoms with Crippen LogP contribution in [0.1, 0.15) is 17.3 Å². The summed E-state index contributed by atoms with van der Waals surface area (Å²) in [4.78, 5) is 14.4. The third-order valence-electron chi connectivity index (χ3n) is 2.81. The van der Waals surface area contributed by atoms with Gasteiger partial charge in [0.1, 0.15) is 5.76 Å². The highest BCUT2D eigenvalue weighted by Crippen LogP contribution is 2.21. The number of hydrogen-bond donors (Lipinski definition) is 0. The zero-order chi connectivity index (χ0) is 14.8. The number of non-ortho nitro benzene ring substituents is 1. The molecule has 21 heavy (non-hydrogen) atoms. The molecule has 0 unspecified atom stereocenters. The number of aryl methyl sites for hydroxylation is 1. The highest BCUT2D eigenvalue weighted by Gasteiger charge is 2.12. The summed E-state index contributed by atoms with van der Waals surface area (Å²) >= 11 is 0. The summed E-state index contributed by atoms with van der Waals surface area (Å²) in [5.41, 5.74) is 1.34. The fourth-order valence-corrected chi connectivity index (χ4v) is 1.83. The van der Waals surface area contributed by atoms with Gasteiger partial charge in [-0.15, -0.1) is 0 Å². The third-order valence-corrected chi connectivity index (χ3v) is 2.81. The summed E-state index contributed by atoms with van der Waals surface area (Å²) in [5.74, 6) is 1.49. The van der Waals surface area contributed by atoms with Crippen molar-refractivity contribution in [2.75, 3.05) is 0 Å². The fourth-order valence-electron chi connectivity index (χ4n) is 1.83. The number of rotatable bonds is 4. The molecule has 0 amide bonds. The Bertz CT molecular complexity index is 776. The minimum Gasteiger partial charge on any atom is -0.361 e. The molecule has 3 aromatic rings. The van der Waals surface area contributed by atoms with Crippen molar-refractivity contribution >= 4 is 5.69 Å². The fraction of sp³-hybridized carbons (Fsp3) is 0.154. The van der Waals surface area contributed by atoms with E-state index in [1.165, 1.54) is 12.1 Å². The van der Waals surface area contributed by atoms with Gasteiger partial charge in [0.25, 0.3) is 11.6 Å². The van der Waals surface area contributed by atoms with E-state index in [1.54, 1.807) is 25.1 Å². The second kappa shape index (κ2) is 5.16. The van der Waals surface area contributed by atoms with Crippen LogP contribution in [-0.2, 0) is 6.42 Å². The van der Waals surface area contributed by atoms with E-state index in [-0.39, 0.29) is 5.69 Å². The van der Waals surface area contributed by atoms with E-state index in [0.29, 0.717) is 35.2 Å². The Labute approximate surface area is 118 Å². The molecule has 0 bridgehead atoms. The van der Waals surface area contributed by atoms with Gasteiger partial charge in [-0.25, -0.2) is 0 Å². The number of benzene rings is 1. The predicted octanol–water partition coefficient (Wildman–Crippen LogP) is 2.53. The van der Waals surface area contributed by atoms with E-state index in [9.17, 15) is 10.1 Å². The van der Waals surface area contributed by atoms with Crippen LogP contribution in [0.15, 0.2) is 39.4 Å². The lowest BCUT2D eigenvalue weighted by atomic mass is 10.2. The molecule has 0 radical (unpaired) electrons. The maximum atomic E-state index is 10.6. The molecule has 0 aliphatic carbocycles. The van der Waals surface area contributed by atoms with Crippen molar-refractivity contribution in [3.8, 4) is 11.5 Å². The van der Waals surface area contributed by atoms with Crippen molar-refractivity contribution in [1.82, 2.24) is 15.3 Å². The average molecular weight is 286 g/mol. The van der Waals surface area contributed by atoms with Crippen LogP contribution >= 0.6 is 0 Å². The molecule has 3 rings (SSSR count). The predicted molar refractivity (Wildman–Crippen MR) is 70.4 cm³/mol. The van der Waals surface area contributed by atoms with Crippen LogP contribution < -0.4 is 0 Å². The summed E-state index contributed by atoms with van der Waals surface area (Å²) in [6, 6.07) is 7.70. The molecule has 1 aromatic carbocycles. The summed E-state index contributed by atoms with van der Waals surface area (Å²) in [7, 11) is 0. The summed E-state index contributed by atoms with van der Waals surface area (Å²) in [6.45, 7) is 1.80. The number of hydrogen-bond acceptors (Lipinski definition) is 7. The van der Waals surface area contributed by atoms with Crippen LogP contribution in [0.4, 0.5) is 5.69 Å². The molecule has 0 aliphatic heterocycles. The Kier molecular flexibility index (Phi) is 3.19. The first-order valence-electron chi connectivity index (χ1n) is 6.11. The van der Waals surface area contributed by atoms with Crippen LogP contribution in [0.3, 0.4) is 0 Å². The van der Waals surface area contributed by atoms with Gasteiger partial charge in [-0.3, -0.25) is 10.1 Å². The van der Waals surface area contributed by atoms with E-state index in [4.69, 9.17) is 9.05 Å². The molecule has 106 valence electrons. The van der Waals surface area contributed by atoms with E-state index < -0.39 is 4.92 Å². The lowest BCUT2D eigenvalue weighted by molar-refractivity contribution is -0.384. The molecule has 0 saturated heterocycles. The molecular formula is C13H10N4O4. The Morgan fingerprint density at radius 1 is 1.19 bits per heavy atom. The van der Waals surface area contributed by atoms with Crippen LogP contribution in [0.25, 0.3) is 11.5 Å². The average Bonchev–Trinajstić information content (AvgIpc) is 3.09. The van der Waals surface area contributed by atoms with Gasteiger partial charge in [-0.05, 0) is 19.1 Å². The van der Waals surface area contributed by atoms with Gasteiger partial charge in [0.05, 0.1) is 17.0 Å². The first kappa shape index (κ1) is 13.0. The van der Waals surface area contributed by atoms with E-state index >= 15 is 0 Å². The lowest BCUT2D eigenvalue weighted by Crippen LogP contribution is -1.91. The normalized spacial score (nSPS) is 10.7. The van der Waals surface area contributed by atoms with Gasteiger partial charge in [-0.2, -0.15) is 4.98 Å². The first-order valence-corrected chi connectivity index (χ1v) is 6.11. The summed E-state index contributed by atoms with van der Waals surface area (Å²) in [5, 5.41) is 18.3. The smallest absolute Gasteiger partial charge is 0.269 e. The van der Waals surface area contributed by atoms with Gasteiger partial charge in [-0.1, -0.05) is 10.3 Å². The maximum Gasteiger partial charge on any atom is 0.269 e. The molecule has 0 saturated carbocycles. The number of nitrogens with zero attached hydrogens (tertiary/aromatic N) is 4. The largest absolute Gasteiger partial charge is 0.361 e. The van der Waals surface area contributed by atoms with Gasteiger partial charge in [0, 0.05) is 23.8 Å². The molecule has 0 atom stereocenters. The van der Waals surface area contributed by atoms with E-state index in [2.05, 4.69) is 15.3 Å². The highest BCUT2D eigenvalue weighted by atomic mass is 16.6. The molecule has 0 fully saturated rings. The summed E-state index contributed by atoms with van der Waals surface area (Å²) in [6.07, 6.45) is 0.397. The van der Waals surface area contributed by atoms with Gasteiger partial charge >= 0.3 is 0 Å². The molecule has 0 spiro atoms. The second-order valence-corrected chi connectivity index (χ2v) is 4.43. The Morgan fingerprint density at radius 3 is 2.57 bits per heavy atom. The van der Waals surface area contributed by atoms with E-state index in [0.717, 1.165) is 0 Å². The first-order chi connectivity index (χ1) is 10.1. The van der Waals surface area contributed by atoms with Gasteiger partial charge in [0.15, 0.2) is 5.82 Å². The zero-order valence-corrected chi connectivity index (χ0v) is 11.0. The highest BCUT2D eigenvalue weighted by molar-refractivity contribution is 5.55. The molecule has 8 heteroatoms. The molecule has 2 heterocycles. The number of nitro groups is 1. The minimum atomic E-state index is -0.462. The zero-order valence-electron chi connectivity index (χ0n) is 11.0. The lowest BCUT2D eigenvalue weighted by Gasteiger charge is -1.93. The summed E-state index contributed by atoms with van der Waals surface area (Å²) < 4.78 is 10.1. The number of nitro benzene ring substituents is 1. The van der Waals surface area contributed by atoms with Gasteiger partial charge < -0.3 is 9.05 Å². The van der Waals surface area contributed by atoms with Crippen molar-refractivity contribution in [2.24, 2.45) is 0 Å². The topological polar surface area (TPSA) is 108 Å². The molecule has 8 nitrogen and oxygen atoms in total. The number of aromatic nitrogens is 3. The van der Waals surface area contributed by atoms with Crippen molar-refractivity contribution < 1.29 is 14.0 Å². The second-order valence-electron chi connectivity index (χ2n) is 4.43. The maximum absolute atomic E-state index is 10.6. The Balaban J connectivity index is 1.79. The van der Waals surface area contributed by atoms with Crippen LogP contribution in [0, 0.1) is 17.0 Å². The molecule has 0 aliphatic rings. The van der Waals surface area contributed by atoms with Crippen LogP contribution in [0.2, 0.25) is 0 Å². The van der Waals surface area contributed by atoms with E-state index in [1.807, 2.05) is 0 Å². The van der Waals surface area contributed by atoms with Gasteiger partial charge in [0.2, 0.25) is 0 Å². The molecule has 0 N–H and O–H groups in total. The monoisotopic (exact) mass is 286 g/mol. The van der Waals surface area contributed by atoms with Crippen molar-refractivity contribution in [3.05, 3.63) is 57.7 Å². The third kappa shape index (κ3) is 2.78. The Morgan fingerprint density at radius 2 is 1.95 bits per heavy atom. The quantitative estimate of drug-likeness (QED) is 0.535. The van der Waals surface area contributed by atoms with Crippen molar-refractivity contribution in [1.29, 1.82) is 0 Å². The molecule has 2 aromatic heterocycles. The standard InChI is InChI=1S/C13H10N4O4/c1-8-6-10(15-20-8)7-12-14-13(21-16-12)9-2-4-11(5-3-9)17(18)19/h2-6H,7H2,1H3. The van der Waals surface area contributed by atoms with Crippen LogP contribution in [-0.4, -0.2) is 20.2 Å². The van der Waals surface area contributed by atoms with Crippen LogP contribution in [0.5, 0.6) is 0 Å². The van der Waals surface area contributed by atoms with Crippen molar-refractivity contribution in [3.63, 3.8) is 0 Å². The SMILES string of the molecule is Cc1cc(Cc2noc(-c3ccc([N+](=O)[O-])cc3)n2)no1. The molecular weight excluding hydrogens is 276 g/mol. The van der Waals surface area contributed by atoms with Crippen molar-refractivity contribution in [2.45, 2.75) is 13.3 Å².